The number of fused-ring (bicyclic) bond motifs is 1. The second kappa shape index (κ2) is 4.94. The van der Waals surface area contributed by atoms with Crippen LogP contribution in [0.3, 0.4) is 0 Å². The molecule has 1 aliphatic heterocycles. The number of epoxide rings is 1. The maximum absolute atomic E-state index is 11.4. The van der Waals surface area contributed by atoms with Crippen molar-refractivity contribution < 1.29 is 19.4 Å². The van der Waals surface area contributed by atoms with Gasteiger partial charge in [0.25, 0.3) is 0 Å². The van der Waals surface area contributed by atoms with Crippen molar-refractivity contribution >= 4 is 5.78 Å². The molecule has 102 valence electrons. The van der Waals surface area contributed by atoms with E-state index in [0.717, 1.165) is 18.6 Å². The minimum atomic E-state index is -0.922. The van der Waals surface area contributed by atoms with Crippen LogP contribution >= 0.6 is 0 Å². The molecule has 2 fully saturated rings. The van der Waals surface area contributed by atoms with Crippen molar-refractivity contribution in [3.8, 4) is 5.75 Å². The summed E-state index contributed by atoms with van der Waals surface area (Å²) in [6, 6.07) is 9.67. The van der Waals surface area contributed by atoms with E-state index in [0.29, 0.717) is 13.0 Å². The highest BCUT2D eigenvalue weighted by Crippen LogP contribution is 2.45. The van der Waals surface area contributed by atoms with Crippen molar-refractivity contribution in [2.75, 3.05) is 6.61 Å². The number of para-hydroxylation sites is 1. The Kier molecular flexibility index (Phi) is 3.29. The normalized spacial score (nSPS) is 32.2. The van der Waals surface area contributed by atoms with Crippen molar-refractivity contribution in [1.82, 2.24) is 0 Å². The summed E-state index contributed by atoms with van der Waals surface area (Å²) in [6.07, 6.45) is 2.01. The van der Waals surface area contributed by atoms with E-state index in [1.54, 1.807) is 0 Å². The summed E-state index contributed by atoms with van der Waals surface area (Å²) in [5.41, 5.74) is -0.922. The van der Waals surface area contributed by atoms with E-state index < -0.39 is 5.60 Å². The Morgan fingerprint density at radius 1 is 1.32 bits per heavy atom. The number of ketones is 1. The first kappa shape index (κ1) is 12.6. The fraction of sp³-hybridized carbons (Fsp3) is 0.533. The standard InChI is InChI=1S/C15H18O4/c16-12-10-15(17,14-13(12)19-14)8-4-5-9-18-11-6-2-1-3-7-11/h1-3,6-7,13-14,17H,4-5,8-10H2. The lowest BCUT2D eigenvalue weighted by molar-refractivity contribution is -0.124. The van der Waals surface area contributed by atoms with Crippen LogP contribution in [0.4, 0.5) is 0 Å². The zero-order valence-electron chi connectivity index (χ0n) is 10.7. The van der Waals surface area contributed by atoms with Crippen LogP contribution in [0.1, 0.15) is 25.7 Å². The van der Waals surface area contributed by atoms with E-state index in [-0.39, 0.29) is 24.4 Å². The SMILES string of the molecule is O=C1CC(O)(CCCCOc2ccccc2)C2OC12. The number of ether oxygens (including phenoxy) is 2. The highest BCUT2D eigenvalue weighted by molar-refractivity contribution is 5.90. The summed E-state index contributed by atoms with van der Waals surface area (Å²) in [5.74, 6) is 0.913. The maximum Gasteiger partial charge on any atom is 0.167 e. The van der Waals surface area contributed by atoms with Gasteiger partial charge in [-0.05, 0) is 31.4 Å². The van der Waals surface area contributed by atoms with Crippen LogP contribution in [0, 0.1) is 0 Å². The molecule has 1 aromatic rings. The fourth-order valence-corrected chi connectivity index (χ4v) is 2.74. The Morgan fingerprint density at radius 2 is 2.11 bits per heavy atom. The summed E-state index contributed by atoms with van der Waals surface area (Å²) in [7, 11) is 0. The Morgan fingerprint density at radius 3 is 2.74 bits per heavy atom. The third-order valence-corrected chi connectivity index (χ3v) is 3.83. The van der Waals surface area contributed by atoms with Gasteiger partial charge in [-0.25, -0.2) is 0 Å². The van der Waals surface area contributed by atoms with E-state index in [1.165, 1.54) is 0 Å². The number of carbonyl (C=O) groups excluding carboxylic acids is 1. The molecule has 0 spiro atoms. The molecule has 19 heavy (non-hydrogen) atoms. The van der Waals surface area contributed by atoms with Crippen molar-refractivity contribution in [1.29, 1.82) is 0 Å². The van der Waals surface area contributed by atoms with Crippen molar-refractivity contribution in [3.05, 3.63) is 30.3 Å². The lowest BCUT2D eigenvalue weighted by Gasteiger charge is -2.22. The summed E-state index contributed by atoms with van der Waals surface area (Å²) >= 11 is 0. The van der Waals surface area contributed by atoms with E-state index in [9.17, 15) is 9.90 Å². The van der Waals surface area contributed by atoms with Gasteiger partial charge in [-0.15, -0.1) is 0 Å². The number of hydrogen-bond acceptors (Lipinski definition) is 4. The van der Waals surface area contributed by atoms with E-state index in [4.69, 9.17) is 9.47 Å². The minimum absolute atomic E-state index is 0.0491. The van der Waals surface area contributed by atoms with Crippen LogP contribution in [-0.2, 0) is 9.53 Å². The molecule has 0 aromatic heterocycles. The lowest BCUT2D eigenvalue weighted by atomic mass is 9.94. The number of Topliss-reactive ketones (excluding diaryl/α,β-unsaturated/α-hetero) is 1. The molecular weight excluding hydrogens is 244 g/mol. The molecule has 1 saturated heterocycles. The number of benzene rings is 1. The molecule has 1 saturated carbocycles. The average molecular weight is 262 g/mol. The Balaban J connectivity index is 1.37. The molecule has 4 heteroatoms. The highest BCUT2D eigenvalue weighted by atomic mass is 16.6. The maximum atomic E-state index is 11.4. The summed E-state index contributed by atoms with van der Waals surface area (Å²) in [6.45, 7) is 0.628. The fourth-order valence-electron chi connectivity index (χ4n) is 2.74. The van der Waals surface area contributed by atoms with E-state index in [2.05, 4.69) is 0 Å². The predicted octanol–water partition coefficient (Wildman–Crippen LogP) is 1.71. The lowest BCUT2D eigenvalue weighted by Crippen LogP contribution is -2.33. The summed E-state index contributed by atoms with van der Waals surface area (Å²) in [4.78, 5) is 11.4. The highest BCUT2D eigenvalue weighted by Gasteiger charge is 2.64. The molecule has 1 aromatic carbocycles. The third-order valence-electron chi connectivity index (χ3n) is 3.83. The predicted molar refractivity (Wildman–Crippen MR) is 69.0 cm³/mol. The molecule has 3 rings (SSSR count). The molecule has 3 unspecified atom stereocenters. The Labute approximate surface area is 112 Å². The molecule has 0 amide bonds. The number of hydrogen-bond donors (Lipinski definition) is 1. The van der Waals surface area contributed by atoms with Gasteiger partial charge >= 0.3 is 0 Å². The number of carbonyl (C=O) groups is 1. The molecule has 0 radical (unpaired) electrons. The van der Waals surface area contributed by atoms with Crippen LogP contribution in [0.2, 0.25) is 0 Å². The zero-order chi connectivity index (χ0) is 13.3. The Hall–Kier alpha value is -1.39. The first-order chi connectivity index (χ1) is 9.19. The second-order valence-electron chi connectivity index (χ2n) is 5.34. The first-order valence-electron chi connectivity index (χ1n) is 6.77. The topological polar surface area (TPSA) is 59.1 Å². The summed E-state index contributed by atoms with van der Waals surface area (Å²) < 4.78 is 10.8. The largest absolute Gasteiger partial charge is 0.494 e. The van der Waals surface area contributed by atoms with Gasteiger partial charge in [0.15, 0.2) is 5.78 Å². The molecule has 1 aliphatic carbocycles. The van der Waals surface area contributed by atoms with Crippen molar-refractivity contribution in [2.24, 2.45) is 0 Å². The monoisotopic (exact) mass is 262 g/mol. The molecule has 4 nitrogen and oxygen atoms in total. The number of aliphatic hydroxyl groups is 1. The molecular formula is C15H18O4. The van der Waals surface area contributed by atoms with Gasteiger partial charge in [-0.2, -0.15) is 0 Å². The minimum Gasteiger partial charge on any atom is -0.494 e. The number of rotatable bonds is 6. The zero-order valence-corrected chi connectivity index (χ0v) is 10.7. The van der Waals surface area contributed by atoms with Gasteiger partial charge in [-0.3, -0.25) is 4.79 Å². The van der Waals surface area contributed by atoms with Crippen molar-refractivity contribution in [3.63, 3.8) is 0 Å². The van der Waals surface area contributed by atoms with Gasteiger partial charge in [-0.1, -0.05) is 18.2 Å². The van der Waals surface area contributed by atoms with Gasteiger partial charge in [0.1, 0.15) is 23.6 Å². The van der Waals surface area contributed by atoms with Gasteiger partial charge in [0.05, 0.1) is 6.61 Å². The average Bonchev–Trinajstić information content (AvgIpc) is 3.16. The second-order valence-corrected chi connectivity index (χ2v) is 5.34. The van der Waals surface area contributed by atoms with E-state index >= 15 is 0 Å². The van der Waals surface area contributed by atoms with Crippen molar-refractivity contribution in [2.45, 2.75) is 43.5 Å². The number of unbranched alkanes of at least 4 members (excludes halogenated alkanes) is 1. The van der Waals surface area contributed by atoms with Crippen LogP contribution in [0.5, 0.6) is 5.75 Å². The smallest absolute Gasteiger partial charge is 0.167 e. The summed E-state index contributed by atoms with van der Waals surface area (Å²) in [5, 5.41) is 10.3. The van der Waals surface area contributed by atoms with Crippen LogP contribution in [-0.4, -0.2) is 35.3 Å². The molecule has 0 bridgehead atoms. The molecule has 1 N–H and O–H groups in total. The molecule has 3 atom stereocenters. The van der Waals surface area contributed by atoms with Crippen LogP contribution in [0.15, 0.2) is 30.3 Å². The molecule has 2 aliphatic rings. The third kappa shape index (κ3) is 2.65. The van der Waals surface area contributed by atoms with Crippen LogP contribution in [0.25, 0.3) is 0 Å². The van der Waals surface area contributed by atoms with E-state index in [1.807, 2.05) is 30.3 Å². The molecule has 1 heterocycles. The Bertz CT molecular complexity index is 458. The van der Waals surface area contributed by atoms with Gasteiger partial charge < -0.3 is 14.6 Å². The first-order valence-corrected chi connectivity index (χ1v) is 6.77. The quantitative estimate of drug-likeness (QED) is 0.626. The van der Waals surface area contributed by atoms with Gasteiger partial charge in [0, 0.05) is 6.42 Å². The van der Waals surface area contributed by atoms with Crippen LogP contribution < -0.4 is 4.74 Å². The van der Waals surface area contributed by atoms with Gasteiger partial charge in [0.2, 0.25) is 0 Å².